The quantitative estimate of drug-likeness (QED) is 0.322. The second-order valence-electron chi connectivity index (χ2n) is 13.2. The molecule has 3 aliphatic heterocycles. The number of aromatic nitrogens is 4. The van der Waals surface area contributed by atoms with Crippen LogP contribution in [-0.2, 0) is 4.74 Å². The standard InChI is InChI=1S/C33H39FN8O3/c1-33(2,3)45-32(43)41-18-24(19-41)40-16-23(17-40)39-13-11-22(12-14-39)42-31-28(30(35)36-20-37-31)29(38-42)21-9-10-27(26(34)15-21)44-25-7-5-4-6-8-25/h4-10,15,20,22-24H,11-14,16-19H2,1-3H3,(H2,35,36,37). The summed E-state index contributed by atoms with van der Waals surface area (Å²) in [4.78, 5) is 27.9. The number of fused-ring (bicyclic) bond motifs is 1. The van der Waals surface area contributed by atoms with Crippen LogP contribution in [0.2, 0.25) is 0 Å². The van der Waals surface area contributed by atoms with Crippen molar-refractivity contribution < 1.29 is 18.7 Å². The number of benzene rings is 2. The SMILES string of the molecule is CC(C)(C)OC(=O)N1CC(N2CC(N3CCC(n4nc(-c5ccc(Oc6ccccc6)c(F)c5)c5c(N)ncnc54)CC3)C2)C1. The van der Waals surface area contributed by atoms with Crippen molar-refractivity contribution in [3.8, 4) is 22.8 Å². The van der Waals surface area contributed by atoms with Gasteiger partial charge >= 0.3 is 6.09 Å². The van der Waals surface area contributed by atoms with Gasteiger partial charge in [-0.1, -0.05) is 18.2 Å². The second-order valence-corrected chi connectivity index (χ2v) is 13.2. The van der Waals surface area contributed by atoms with Crippen LogP contribution < -0.4 is 10.5 Å². The first kappa shape index (κ1) is 29.4. The molecule has 11 nitrogen and oxygen atoms in total. The zero-order valence-corrected chi connectivity index (χ0v) is 25.9. The van der Waals surface area contributed by atoms with E-state index in [0.717, 1.165) is 52.1 Å². The van der Waals surface area contributed by atoms with Crippen molar-refractivity contribution in [1.29, 1.82) is 0 Å². The van der Waals surface area contributed by atoms with E-state index in [1.54, 1.807) is 29.2 Å². The first-order chi connectivity index (χ1) is 21.6. The lowest BCUT2D eigenvalue weighted by molar-refractivity contribution is -0.0623. The predicted molar refractivity (Wildman–Crippen MR) is 168 cm³/mol. The fourth-order valence-corrected chi connectivity index (χ4v) is 6.47. The molecule has 0 saturated carbocycles. The number of nitrogens with zero attached hydrogens (tertiary/aromatic N) is 7. The number of hydrogen-bond donors (Lipinski definition) is 1. The zero-order chi connectivity index (χ0) is 31.3. The number of halogens is 1. The highest BCUT2D eigenvalue weighted by Gasteiger charge is 2.44. The molecule has 0 aliphatic carbocycles. The van der Waals surface area contributed by atoms with Crippen LogP contribution in [0, 0.1) is 5.82 Å². The number of likely N-dealkylation sites (tertiary alicyclic amines) is 3. The number of piperidine rings is 1. The van der Waals surface area contributed by atoms with Crippen molar-refractivity contribution in [2.45, 2.75) is 57.3 Å². The number of para-hydroxylation sites is 1. The Morgan fingerprint density at radius 2 is 1.64 bits per heavy atom. The molecule has 12 heteroatoms. The van der Waals surface area contributed by atoms with Gasteiger partial charge in [-0.05, 0) is 63.9 Å². The molecule has 0 atom stereocenters. The third-order valence-electron chi connectivity index (χ3n) is 8.98. The van der Waals surface area contributed by atoms with E-state index in [1.807, 2.05) is 43.7 Å². The largest absolute Gasteiger partial charge is 0.454 e. The van der Waals surface area contributed by atoms with Crippen molar-refractivity contribution in [3.63, 3.8) is 0 Å². The molecule has 45 heavy (non-hydrogen) atoms. The van der Waals surface area contributed by atoms with Crippen LogP contribution in [0.4, 0.5) is 15.0 Å². The molecule has 0 unspecified atom stereocenters. The molecule has 5 heterocycles. The van der Waals surface area contributed by atoms with E-state index in [1.165, 1.54) is 12.4 Å². The van der Waals surface area contributed by atoms with Gasteiger partial charge in [-0.25, -0.2) is 23.8 Å². The maximum atomic E-state index is 15.2. The van der Waals surface area contributed by atoms with Gasteiger partial charge < -0.3 is 20.1 Å². The average Bonchev–Trinajstić information content (AvgIpc) is 3.35. The third kappa shape index (κ3) is 5.91. The van der Waals surface area contributed by atoms with E-state index >= 15 is 4.39 Å². The van der Waals surface area contributed by atoms with Gasteiger partial charge in [-0.3, -0.25) is 9.80 Å². The van der Waals surface area contributed by atoms with E-state index in [2.05, 4.69) is 19.8 Å². The summed E-state index contributed by atoms with van der Waals surface area (Å²) < 4.78 is 28.4. The van der Waals surface area contributed by atoms with Crippen molar-refractivity contribution in [2.24, 2.45) is 0 Å². The monoisotopic (exact) mass is 614 g/mol. The fraction of sp³-hybridized carbons (Fsp3) is 0.455. The van der Waals surface area contributed by atoms with Crippen LogP contribution in [0.5, 0.6) is 11.5 Å². The Kier molecular flexibility index (Phi) is 7.57. The Morgan fingerprint density at radius 1 is 0.933 bits per heavy atom. The topological polar surface area (TPSA) is 115 Å². The molecular weight excluding hydrogens is 575 g/mol. The maximum absolute atomic E-state index is 15.2. The molecule has 1 amide bonds. The van der Waals surface area contributed by atoms with Crippen molar-refractivity contribution in [3.05, 3.63) is 60.7 Å². The third-order valence-corrected chi connectivity index (χ3v) is 8.98. The molecule has 236 valence electrons. The maximum Gasteiger partial charge on any atom is 0.410 e. The summed E-state index contributed by atoms with van der Waals surface area (Å²) in [6.45, 7) is 11.1. The number of hydrogen-bond acceptors (Lipinski definition) is 9. The summed E-state index contributed by atoms with van der Waals surface area (Å²) in [6, 6.07) is 15.0. The highest BCUT2D eigenvalue weighted by Crippen LogP contribution is 2.37. The summed E-state index contributed by atoms with van der Waals surface area (Å²) >= 11 is 0. The molecule has 7 rings (SSSR count). The number of anilines is 1. The number of carbonyl (C=O) groups excluding carboxylic acids is 1. The minimum atomic E-state index is -0.489. The number of amides is 1. The number of nitrogens with two attached hydrogens (primary N) is 1. The van der Waals surface area contributed by atoms with Gasteiger partial charge in [-0.2, -0.15) is 5.10 Å². The van der Waals surface area contributed by atoms with Gasteiger partial charge in [0.15, 0.2) is 17.2 Å². The van der Waals surface area contributed by atoms with Gasteiger partial charge in [0, 0.05) is 56.9 Å². The Bertz CT molecular complexity index is 1690. The Balaban J connectivity index is 0.989. The first-order valence-electron chi connectivity index (χ1n) is 15.6. The van der Waals surface area contributed by atoms with E-state index in [0.29, 0.717) is 45.9 Å². The molecule has 2 N–H and O–H groups in total. The molecule has 0 spiro atoms. The molecule has 3 aliphatic rings. The van der Waals surface area contributed by atoms with Crippen LogP contribution in [0.1, 0.15) is 39.7 Å². The van der Waals surface area contributed by atoms with Crippen LogP contribution in [0.3, 0.4) is 0 Å². The van der Waals surface area contributed by atoms with Crippen LogP contribution in [0.25, 0.3) is 22.3 Å². The number of ether oxygens (including phenoxy) is 2. The van der Waals surface area contributed by atoms with Crippen molar-refractivity contribution in [1.82, 2.24) is 34.4 Å². The summed E-state index contributed by atoms with van der Waals surface area (Å²) in [5.74, 6) is 0.527. The zero-order valence-electron chi connectivity index (χ0n) is 25.9. The Morgan fingerprint density at radius 3 is 2.33 bits per heavy atom. The first-order valence-corrected chi connectivity index (χ1v) is 15.6. The highest BCUT2D eigenvalue weighted by atomic mass is 19.1. The number of nitrogen functional groups attached to an aromatic ring is 1. The Labute approximate surface area is 261 Å². The molecular formula is C33H39FN8O3. The minimum Gasteiger partial charge on any atom is -0.454 e. The molecule has 3 saturated heterocycles. The lowest BCUT2D eigenvalue weighted by Crippen LogP contribution is -2.70. The molecule has 2 aromatic carbocycles. The summed E-state index contributed by atoms with van der Waals surface area (Å²) in [5, 5.41) is 5.59. The fourth-order valence-electron chi connectivity index (χ4n) is 6.47. The molecule has 0 bridgehead atoms. The minimum absolute atomic E-state index is 0.137. The predicted octanol–water partition coefficient (Wildman–Crippen LogP) is 4.95. The summed E-state index contributed by atoms with van der Waals surface area (Å²) in [5.41, 5.74) is 7.68. The van der Waals surface area contributed by atoms with E-state index in [4.69, 9.17) is 20.3 Å². The molecule has 4 aromatic rings. The van der Waals surface area contributed by atoms with E-state index < -0.39 is 11.4 Å². The summed E-state index contributed by atoms with van der Waals surface area (Å²) in [7, 11) is 0. The van der Waals surface area contributed by atoms with Gasteiger partial charge in [0.05, 0.1) is 11.4 Å². The van der Waals surface area contributed by atoms with Crippen molar-refractivity contribution >= 4 is 22.9 Å². The molecule has 0 radical (unpaired) electrons. The average molecular weight is 615 g/mol. The van der Waals surface area contributed by atoms with E-state index in [9.17, 15) is 4.79 Å². The van der Waals surface area contributed by atoms with E-state index in [-0.39, 0.29) is 17.9 Å². The van der Waals surface area contributed by atoms with Crippen LogP contribution in [-0.4, -0.2) is 97.5 Å². The van der Waals surface area contributed by atoms with Gasteiger partial charge in [0.2, 0.25) is 0 Å². The molecule has 3 fully saturated rings. The second kappa shape index (κ2) is 11.6. The molecule has 2 aromatic heterocycles. The van der Waals surface area contributed by atoms with Crippen LogP contribution >= 0.6 is 0 Å². The van der Waals surface area contributed by atoms with Gasteiger partial charge in [0.1, 0.15) is 29.2 Å². The lowest BCUT2D eigenvalue weighted by Gasteiger charge is -2.54. The highest BCUT2D eigenvalue weighted by molar-refractivity contribution is 5.98. The smallest absolute Gasteiger partial charge is 0.410 e. The van der Waals surface area contributed by atoms with Gasteiger partial charge in [-0.15, -0.1) is 0 Å². The van der Waals surface area contributed by atoms with Gasteiger partial charge in [0.25, 0.3) is 0 Å². The normalized spacial score (nSPS) is 19.0. The number of rotatable bonds is 6. The lowest BCUT2D eigenvalue weighted by atomic mass is 9.96. The summed E-state index contributed by atoms with van der Waals surface area (Å²) in [6.07, 6.45) is 3.08. The number of carbonyl (C=O) groups is 1. The Hall–Kier alpha value is -4.29. The van der Waals surface area contributed by atoms with Crippen molar-refractivity contribution in [2.75, 3.05) is 45.0 Å². The van der Waals surface area contributed by atoms with Crippen LogP contribution in [0.15, 0.2) is 54.9 Å².